The van der Waals surface area contributed by atoms with Crippen molar-refractivity contribution >= 4 is 5.82 Å². The van der Waals surface area contributed by atoms with Gasteiger partial charge in [-0.25, -0.2) is 4.98 Å². The first-order chi connectivity index (χ1) is 12.1. The van der Waals surface area contributed by atoms with Gasteiger partial charge in [-0.2, -0.15) is 0 Å². The predicted octanol–water partition coefficient (Wildman–Crippen LogP) is 2.70. The standard InChI is InChI=1S/C20H25N3O2/c1-22(2)20-15(6-5-9-21-20)14-7-8-16-18(12-14)25-13-17(19(16)24)23-10-3-4-11-23/h5-9,12,17,19,24H,3-4,10-11,13H2,1-2H3/t17-,19-/m1/s1. The van der Waals surface area contributed by atoms with E-state index in [1.54, 1.807) is 6.20 Å². The molecule has 2 aromatic rings. The van der Waals surface area contributed by atoms with E-state index in [2.05, 4.69) is 22.0 Å². The van der Waals surface area contributed by atoms with Crippen LogP contribution in [0.5, 0.6) is 5.75 Å². The van der Waals surface area contributed by atoms with Gasteiger partial charge in [-0.3, -0.25) is 4.90 Å². The number of anilines is 1. The van der Waals surface area contributed by atoms with Crippen LogP contribution >= 0.6 is 0 Å². The van der Waals surface area contributed by atoms with Crippen molar-refractivity contribution in [2.45, 2.75) is 25.0 Å². The van der Waals surface area contributed by atoms with Gasteiger partial charge in [0.2, 0.25) is 0 Å². The summed E-state index contributed by atoms with van der Waals surface area (Å²) in [7, 11) is 3.98. The summed E-state index contributed by atoms with van der Waals surface area (Å²) in [5.74, 6) is 1.71. The van der Waals surface area contributed by atoms with Crippen LogP contribution < -0.4 is 9.64 Å². The van der Waals surface area contributed by atoms with Crippen molar-refractivity contribution in [1.29, 1.82) is 0 Å². The van der Waals surface area contributed by atoms with E-state index in [1.807, 2.05) is 37.2 Å². The van der Waals surface area contributed by atoms with Gasteiger partial charge in [0.15, 0.2) is 0 Å². The number of rotatable bonds is 3. The van der Waals surface area contributed by atoms with Crippen LogP contribution in [0.1, 0.15) is 24.5 Å². The Bertz CT molecular complexity index is 756. The average molecular weight is 339 g/mol. The van der Waals surface area contributed by atoms with Gasteiger partial charge in [0, 0.05) is 31.4 Å². The zero-order chi connectivity index (χ0) is 17.4. The molecule has 1 saturated heterocycles. The number of benzene rings is 1. The largest absolute Gasteiger partial charge is 0.491 e. The van der Waals surface area contributed by atoms with E-state index in [0.29, 0.717) is 6.61 Å². The van der Waals surface area contributed by atoms with Crippen LogP contribution in [0.25, 0.3) is 11.1 Å². The molecule has 5 heteroatoms. The topological polar surface area (TPSA) is 48.8 Å². The number of likely N-dealkylation sites (tertiary alicyclic amines) is 1. The maximum Gasteiger partial charge on any atom is 0.135 e. The van der Waals surface area contributed by atoms with E-state index in [4.69, 9.17) is 4.74 Å². The van der Waals surface area contributed by atoms with Crippen molar-refractivity contribution in [2.24, 2.45) is 0 Å². The molecule has 2 aliphatic rings. The second-order valence-electron chi connectivity index (χ2n) is 7.09. The highest BCUT2D eigenvalue weighted by Gasteiger charge is 2.35. The van der Waals surface area contributed by atoms with Gasteiger partial charge in [0.1, 0.15) is 24.3 Å². The van der Waals surface area contributed by atoms with Crippen molar-refractivity contribution in [2.75, 3.05) is 38.7 Å². The number of aliphatic hydroxyl groups is 1. The molecular formula is C20H25N3O2. The number of pyridine rings is 1. The van der Waals surface area contributed by atoms with E-state index >= 15 is 0 Å². The van der Waals surface area contributed by atoms with E-state index in [-0.39, 0.29) is 6.04 Å². The van der Waals surface area contributed by atoms with Gasteiger partial charge in [0.25, 0.3) is 0 Å². The third-order valence-electron chi connectivity index (χ3n) is 5.24. The fourth-order valence-electron chi connectivity index (χ4n) is 3.90. The zero-order valence-electron chi connectivity index (χ0n) is 14.9. The molecule has 5 nitrogen and oxygen atoms in total. The molecule has 2 aliphatic heterocycles. The Morgan fingerprint density at radius 2 is 2.00 bits per heavy atom. The fourth-order valence-corrected chi connectivity index (χ4v) is 3.90. The van der Waals surface area contributed by atoms with Crippen molar-refractivity contribution < 1.29 is 9.84 Å². The second-order valence-corrected chi connectivity index (χ2v) is 7.09. The van der Waals surface area contributed by atoms with Gasteiger partial charge < -0.3 is 14.7 Å². The lowest BCUT2D eigenvalue weighted by molar-refractivity contribution is 0.0140. The smallest absolute Gasteiger partial charge is 0.135 e. The van der Waals surface area contributed by atoms with E-state index < -0.39 is 6.10 Å². The Labute approximate surface area is 148 Å². The number of aromatic nitrogens is 1. The van der Waals surface area contributed by atoms with E-state index in [1.165, 1.54) is 12.8 Å². The molecule has 1 N–H and O–H groups in total. The molecule has 2 atom stereocenters. The highest BCUT2D eigenvalue weighted by molar-refractivity contribution is 5.76. The number of fused-ring (bicyclic) bond motifs is 1. The molecule has 1 aromatic heterocycles. The molecule has 0 spiro atoms. The SMILES string of the molecule is CN(C)c1ncccc1-c1ccc2c(c1)OC[C@@H](N1CCCC1)[C@@H]2O. The second kappa shape index (κ2) is 6.65. The van der Waals surface area contributed by atoms with E-state index in [0.717, 1.165) is 41.3 Å². The fraction of sp³-hybridized carbons (Fsp3) is 0.450. The van der Waals surface area contributed by atoms with Crippen molar-refractivity contribution in [3.05, 3.63) is 42.1 Å². The number of hydrogen-bond acceptors (Lipinski definition) is 5. The average Bonchev–Trinajstić information content (AvgIpc) is 3.16. The normalized spacial score (nSPS) is 23.2. The first kappa shape index (κ1) is 16.4. The molecular weight excluding hydrogens is 314 g/mol. The Morgan fingerprint density at radius 3 is 2.76 bits per heavy atom. The van der Waals surface area contributed by atoms with Gasteiger partial charge in [0.05, 0.1) is 6.04 Å². The summed E-state index contributed by atoms with van der Waals surface area (Å²) in [6, 6.07) is 10.2. The quantitative estimate of drug-likeness (QED) is 0.932. The van der Waals surface area contributed by atoms with Crippen LogP contribution in [0.15, 0.2) is 36.5 Å². The number of aliphatic hydroxyl groups excluding tert-OH is 1. The zero-order valence-corrected chi connectivity index (χ0v) is 14.9. The molecule has 132 valence electrons. The maximum absolute atomic E-state index is 10.8. The van der Waals surface area contributed by atoms with Gasteiger partial charge in [-0.05, 0) is 49.7 Å². The molecule has 1 fully saturated rings. The molecule has 0 unspecified atom stereocenters. The Balaban J connectivity index is 1.66. The Kier molecular flexibility index (Phi) is 4.36. The highest BCUT2D eigenvalue weighted by atomic mass is 16.5. The summed E-state index contributed by atoms with van der Waals surface area (Å²) < 4.78 is 6.05. The summed E-state index contributed by atoms with van der Waals surface area (Å²) in [5.41, 5.74) is 3.01. The first-order valence-electron chi connectivity index (χ1n) is 8.97. The Hall–Kier alpha value is -2.11. The van der Waals surface area contributed by atoms with Crippen molar-refractivity contribution in [1.82, 2.24) is 9.88 Å². The molecule has 0 bridgehead atoms. The van der Waals surface area contributed by atoms with Crippen LogP contribution in [0.4, 0.5) is 5.82 Å². The number of ether oxygens (including phenoxy) is 1. The minimum Gasteiger partial charge on any atom is -0.491 e. The van der Waals surface area contributed by atoms with Crippen LogP contribution in [-0.2, 0) is 0 Å². The summed E-state index contributed by atoms with van der Waals surface area (Å²) in [6.07, 6.45) is 3.74. The third-order valence-corrected chi connectivity index (χ3v) is 5.24. The highest BCUT2D eigenvalue weighted by Crippen LogP contribution is 2.39. The minimum absolute atomic E-state index is 0.0663. The summed E-state index contributed by atoms with van der Waals surface area (Å²) >= 11 is 0. The molecule has 0 saturated carbocycles. The number of hydrogen-bond donors (Lipinski definition) is 1. The molecule has 0 aliphatic carbocycles. The van der Waals surface area contributed by atoms with Gasteiger partial charge >= 0.3 is 0 Å². The van der Waals surface area contributed by atoms with Crippen molar-refractivity contribution in [3.63, 3.8) is 0 Å². The van der Waals surface area contributed by atoms with E-state index in [9.17, 15) is 5.11 Å². The molecule has 3 heterocycles. The molecule has 1 aromatic carbocycles. The lowest BCUT2D eigenvalue weighted by Crippen LogP contribution is -2.44. The maximum atomic E-state index is 10.8. The van der Waals surface area contributed by atoms with Gasteiger partial charge in [-0.1, -0.05) is 12.1 Å². The summed E-state index contributed by atoms with van der Waals surface area (Å²) in [6.45, 7) is 2.66. The lowest BCUT2D eigenvalue weighted by Gasteiger charge is -2.36. The summed E-state index contributed by atoms with van der Waals surface area (Å²) in [4.78, 5) is 8.84. The molecule has 25 heavy (non-hydrogen) atoms. The number of nitrogens with zero attached hydrogens (tertiary/aromatic N) is 3. The lowest BCUT2D eigenvalue weighted by atomic mass is 9.95. The monoisotopic (exact) mass is 339 g/mol. The molecule has 4 rings (SSSR count). The molecule has 0 radical (unpaired) electrons. The third kappa shape index (κ3) is 2.98. The van der Waals surface area contributed by atoms with Crippen LogP contribution in [-0.4, -0.2) is 54.8 Å². The van der Waals surface area contributed by atoms with Gasteiger partial charge in [-0.15, -0.1) is 0 Å². The van der Waals surface area contributed by atoms with Crippen LogP contribution in [0.3, 0.4) is 0 Å². The van der Waals surface area contributed by atoms with Crippen LogP contribution in [0, 0.1) is 0 Å². The Morgan fingerprint density at radius 1 is 1.20 bits per heavy atom. The minimum atomic E-state index is -0.488. The van der Waals surface area contributed by atoms with Crippen LogP contribution in [0.2, 0.25) is 0 Å². The van der Waals surface area contributed by atoms with Crippen molar-refractivity contribution in [3.8, 4) is 16.9 Å². The molecule has 0 amide bonds. The summed E-state index contributed by atoms with van der Waals surface area (Å²) in [5, 5.41) is 10.8. The predicted molar refractivity (Wildman–Crippen MR) is 99.0 cm³/mol. The first-order valence-corrected chi connectivity index (χ1v) is 8.97.